The Kier molecular flexibility index (Phi) is 2.76. The molecule has 2 N–H and O–H groups in total. The molecular weight excluding hydrogens is 216 g/mol. The number of fused-ring (bicyclic) bond motifs is 3. The Bertz CT molecular complexity index is 493. The Balaban J connectivity index is 2.21. The second-order valence-corrected chi connectivity index (χ2v) is 4.84. The summed E-state index contributed by atoms with van der Waals surface area (Å²) in [5.74, 6) is 0. The molecule has 1 atom stereocenters. The number of rotatable bonds is 1. The van der Waals surface area contributed by atoms with E-state index in [4.69, 9.17) is 4.74 Å². The lowest BCUT2D eigenvalue weighted by molar-refractivity contribution is 0.108. The topological polar surface area (TPSA) is 54.1 Å². The highest BCUT2D eigenvalue weighted by Crippen LogP contribution is 2.33. The van der Waals surface area contributed by atoms with E-state index in [-0.39, 0.29) is 5.56 Å². The third kappa shape index (κ3) is 1.72. The molecular formula is C13H18N2O2. The van der Waals surface area contributed by atoms with Crippen LogP contribution in [0.2, 0.25) is 0 Å². The first-order valence-corrected chi connectivity index (χ1v) is 6.33. The Labute approximate surface area is 100 Å². The zero-order chi connectivity index (χ0) is 11.8. The molecule has 0 aromatic carbocycles. The first kappa shape index (κ1) is 11.0. The van der Waals surface area contributed by atoms with Gasteiger partial charge in [-0.15, -0.1) is 0 Å². The zero-order valence-electron chi connectivity index (χ0n) is 10.1. The average Bonchev–Trinajstić information content (AvgIpc) is 2.38. The normalized spacial score (nSPS) is 23.0. The summed E-state index contributed by atoms with van der Waals surface area (Å²) in [7, 11) is 2.00. The first-order valence-electron chi connectivity index (χ1n) is 6.33. The van der Waals surface area contributed by atoms with Gasteiger partial charge in [-0.1, -0.05) is 0 Å². The van der Waals surface area contributed by atoms with Crippen LogP contribution < -0.4 is 10.9 Å². The summed E-state index contributed by atoms with van der Waals surface area (Å²) in [6, 6.07) is 0.391. The van der Waals surface area contributed by atoms with E-state index < -0.39 is 0 Å². The minimum atomic E-state index is 0.0511. The predicted molar refractivity (Wildman–Crippen MR) is 65.2 cm³/mol. The van der Waals surface area contributed by atoms with E-state index in [1.807, 2.05) is 7.05 Å². The summed E-state index contributed by atoms with van der Waals surface area (Å²) in [4.78, 5) is 15.0. The number of nitrogens with one attached hydrogen (secondary N) is 2. The SMILES string of the molecule is CNC1CCCc2[nH]c(=O)c3c(c21)CCOC3. The Morgan fingerprint density at radius 2 is 2.24 bits per heavy atom. The van der Waals surface area contributed by atoms with Crippen molar-refractivity contribution in [3.05, 3.63) is 32.7 Å². The van der Waals surface area contributed by atoms with E-state index >= 15 is 0 Å². The van der Waals surface area contributed by atoms with Crippen molar-refractivity contribution in [2.24, 2.45) is 0 Å². The summed E-state index contributed by atoms with van der Waals surface area (Å²) in [5.41, 5.74) is 4.62. The Morgan fingerprint density at radius 3 is 3.06 bits per heavy atom. The van der Waals surface area contributed by atoms with E-state index in [1.165, 1.54) is 11.1 Å². The van der Waals surface area contributed by atoms with Crippen molar-refractivity contribution >= 4 is 0 Å². The molecule has 4 heteroatoms. The number of aromatic amines is 1. The van der Waals surface area contributed by atoms with Crippen LogP contribution in [-0.2, 0) is 24.2 Å². The van der Waals surface area contributed by atoms with Gasteiger partial charge < -0.3 is 15.0 Å². The highest BCUT2D eigenvalue weighted by molar-refractivity contribution is 5.41. The fourth-order valence-corrected chi connectivity index (χ4v) is 3.08. The van der Waals surface area contributed by atoms with Crippen LogP contribution in [0.3, 0.4) is 0 Å². The molecule has 1 aromatic rings. The number of hydrogen-bond donors (Lipinski definition) is 2. The molecule has 2 aliphatic rings. The highest BCUT2D eigenvalue weighted by Gasteiger charge is 2.27. The molecule has 0 spiro atoms. The maximum Gasteiger partial charge on any atom is 0.253 e. The van der Waals surface area contributed by atoms with Gasteiger partial charge in [-0.05, 0) is 43.9 Å². The van der Waals surface area contributed by atoms with E-state index in [1.54, 1.807) is 0 Å². The average molecular weight is 234 g/mol. The van der Waals surface area contributed by atoms with E-state index in [2.05, 4.69) is 10.3 Å². The van der Waals surface area contributed by atoms with Crippen LogP contribution in [-0.4, -0.2) is 18.6 Å². The lowest BCUT2D eigenvalue weighted by atomic mass is 9.85. The van der Waals surface area contributed by atoms with Crippen molar-refractivity contribution in [2.45, 2.75) is 38.3 Å². The minimum absolute atomic E-state index is 0.0511. The van der Waals surface area contributed by atoms with Gasteiger partial charge in [0, 0.05) is 17.3 Å². The standard InChI is InChI=1S/C13H18N2O2/c1-14-10-3-2-4-11-12(10)8-5-6-17-7-9(8)13(16)15-11/h10,14H,2-7H2,1H3,(H,15,16). The second-order valence-electron chi connectivity index (χ2n) is 4.84. The molecule has 1 unspecified atom stereocenters. The minimum Gasteiger partial charge on any atom is -0.376 e. The van der Waals surface area contributed by atoms with Crippen molar-refractivity contribution in [1.82, 2.24) is 10.3 Å². The number of ether oxygens (including phenoxy) is 1. The van der Waals surface area contributed by atoms with Gasteiger partial charge in [0.05, 0.1) is 13.2 Å². The lowest BCUT2D eigenvalue weighted by Gasteiger charge is -2.30. The van der Waals surface area contributed by atoms with Gasteiger partial charge in [-0.3, -0.25) is 4.79 Å². The molecule has 1 aliphatic carbocycles. The van der Waals surface area contributed by atoms with E-state index in [0.717, 1.165) is 43.5 Å². The lowest BCUT2D eigenvalue weighted by Crippen LogP contribution is -2.32. The van der Waals surface area contributed by atoms with Crippen LogP contribution in [0.15, 0.2) is 4.79 Å². The predicted octanol–water partition coefficient (Wildman–Crippen LogP) is 1.04. The van der Waals surface area contributed by atoms with Crippen molar-refractivity contribution < 1.29 is 4.74 Å². The van der Waals surface area contributed by atoms with Crippen LogP contribution in [0, 0.1) is 0 Å². The highest BCUT2D eigenvalue weighted by atomic mass is 16.5. The summed E-state index contributed by atoms with van der Waals surface area (Å²) >= 11 is 0. The van der Waals surface area contributed by atoms with Crippen LogP contribution in [0.1, 0.15) is 41.3 Å². The number of H-pyrrole nitrogens is 1. The van der Waals surface area contributed by atoms with Crippen molar-refractivity contribution in [1.29, 1.82) is 0 Å². The largest absolute Gasteiger partial charge is 0.376 e. The molecule has 4 nitrogen and oxygen atoms in total. The number of aromatic nitrogens is 1. The molecule has 2 heterocycles. The molecule has 0 saturated heterocycles. The molecule has 0 amide bonds. The summed E-state index contributed by atoms with van der Waals surface area (Å²) in [6.07, 6.45) is 4.17. The summed E-state index contributed by atoms with van der Waals surface area (Å²) in [5, 5.41) is 3.37. The summed E-state index contributed by atoms with van der Waals surface area (Å²) in [6.45, 7) is 1.20. The zero-order valence-corrected chi connectivity index (χ0v) is 10.1. The molecule has 0 fully saturated rings. The fourth-order valence-electron chi connectivity index (χ4n) is 3.08. The Hall–Kier alpha value is -1.13. The molecule has 17 heavy (non-hydrogen) atoms. The van der Waals surface area contributed by atoms with Gasteiger partial charge in [-0.2, -0.15) is 0 Å². The smallest absolute Gasteiger partial charge is 0.253 e. The fraction of sp³-hybridized carbons (Fsp3) is 0.615. The van der Waals surface area contributed by atoms with Crippen molar-refractivity contribution in [2.75, 3.05) is 13.7 Å². The van der Waals surface area contributed by atoms with Gasteiger partial charge in [0.15, 0.2) is 0 Å². The van der Waals surface area contributed by atoms with Crippen molar-refractivity contribution in [3.8, 4) is 0 Å². The third-order valence-electron chi connectivity index (χ3n) is 3.91. The quantitative estimate of drug-likeness (QED) is 0.763. The third-order valence-corrected chi connectivity index (χ3v) is 3.91. The van der Waals surface area contributed by atoms with Crippen LogP contribution in [0.5, 0.6) is 0 Å². The van der Waals surface area contributed by atoms with E-state index in [0.29, 0.717) is 12.6 Å². The van der Waals surface area contributed by atoms with Crippen molar-refractivity contribution in [3.63, 3.8) is 0 Å². The van der Waals surface area contributed by atoms with Gasteiger partial charge in [0.1, 0.15) is 0 Å². The maximum atomic E-state index is 12.0. The monoisotopic (exact) mass is 234 g/mol. The van der Waals surface area contributed by atoms with Gasteiger partial charge in [0.25, 0.3) is 5.56 Å². The molecule has 0 radical (unpaired) electrons. The molecule has 1 aromatic heterocycles. The van der Waals surface area contributed by atoms with Gasteiger partial charge in [0.2, 0.25) is 0 Å². The first-order chi connectivity index (χ1) is 8.31. The second kappa shape index (κ2) is 4.27. The van der Waals surface area contributed by atoms with Crippen LogP contribution >= 0.6 is 0 Å². The van der Waals surface area contributed by atoms with Gasteiger partial charge in [-0.25, -0.2) is 0 Å². The summed E-state index contributed by atoms with van der Waals surface area (Å²) < 4.78 is 5.40. The molecule has 3 rings (SSSR count). The molecule has 1 aliphatic heterocycles. The molecule has 0 saturated carbocycles. The van der Waals surface area contributed by atoms with Crippen LogP contribution in [0.25, 0.3) is 0 Å². The maximum absolute atomic E-state index is 12.0. The number of aryl methyl sites for hydroxylation is 1. The Morgan fingerprint density at radius 1 is 1.35 bits per heavy atom. The molecule has 0 bridgehead atoms. The molecule has 92 valence electrons. The van der Waals surface area contributed by atoms with Gasteiger partial charge >= 0.3 is 0 Å². The van der Waals surface area contributed by atoms with Crippen LogP contribution in [0.4, 0.5) is 0 Å². The number of hydrogen-bond acceptors (Lipinski definition) is 3. The van der Waals surface area contributed by atoms with E-state index in [9.17, 15) is 4.79 Å². The number of pyridine rings is 1.